The van der Waals surface area contributed by atoms with E-state index in [2.05, 4.69) is 59.1 Å². The summed E-state index contributed by atoms with van der Waals surface area (Å²) in [6.45, 7) is 7.47. The van der Waals surface area contributed by atoms with Gasteiger partial charge >= 0.3 is 0 Å². The third kappa shape index (κ3) is 3.39. The highest BCUT2D eigenvalue weighted by Gasteiger charge is 2.47. The molecule has 0 unspecified atom stereocenters. The van der Waals surface area contributed by atoms with Crippen molar-refractivity contribution in [1.82, 2.24) is 14.7 Å². The number of nitrogens with zero attached hydrogens (tertiary/aromatic N) is 3. The van der Waals surface area contributed by atoms with Gasteiger partial charge in [-0.05, 0) is 76.7 Å². The fourth-order valence-electron chi connectivity index (χ4n) is 5.56. The summed E-state index contributed by atoms with van der Waals surface area (Å²) in [7, 11) is 4.55. The van der Waals surface area contributed by atoms with E-state index in [0.29, 0.717) is 5.41 Å². The Morgan fingerprint density at radius 3 is 1.80 bits per heavy atom. The molecule has 3 fully saturated rings. The van der Waals surface area contributed by atoms with Gasteiger partial charge < -0.3 is 9.80 Å². The van der Waals surface area contributed by atoms with Crippen LogP contribution in [0.1, 0.15) is 44.1 Å². The van der Waals surface area contributed by atoms with Gasteiger partial charge in [0.25, 0.3) is 0 Å². The van der Waals surface area contributed by atoms with Crippen LogP contribution in [0.5, 0.6) is 0 Å². The quantitative estimate of drug-likeness (QED) is 0.816. The van der Waals surface area contributed by atoms with E-state index < -0.39 is 0 Å². The zero-order valence-electron chi connectivity index (χ0n) is 16.2. The summed E-state index contributed by atoms with van der Waals surface area (Å²) < 4.78 is 0. The molecule has 1 spiro atoms. The second-order valence-electron chi connectivity index (χ2n) is 8.99. The molecule has 0 amide bonds. The van der Waals surface area contributed by atoms with E-state index in [-0.39, 0.29) is 5.54 Å². The Morgan fingerprint density at radius 1 is 0.640 bits per heavy atom. The average molecular weight is 342 g/mol. The van der Waals surface area contributed by atoms with Crippen molar-refractivity contribution >= 4 is 0 Å². The Hall–Kier alpha value is -0.900. The summed E-state index contributed by atoms with van der Waals surface area (Å²) in [5, 5.41) is 0. The maximum Gasteiger partial charge on any atom is 0.0462 e. The summed E-state index contributed by atoms with van der Waals surface area (Å²) in [5.74, 6) is 0. The zero-order valence-corrected chi connectivity index (χ0v) is 16.2. The molecule has 3 nitrogen and oxygen atoms in total. The summed E-state index contributed by atoms with van der Waals surface area (Å²) >= 11 is 0. The van der Waals surface area contributed by atoms with Crippen LogP contribution >= 0.6 is 0 Å². The molecule has 4 rings (SSSR count). The fourth-order valence-corrected chi connectivity index (χ4v) is 5.56. The number of piperidine rings is 1. The van der Waals surface area contributed by atoms with Crippen molar-refractivity contribution in [3.8, 4) is 0 Å². The van der Waals surface area contributed by atoms with Gasteiger partial charge in [0.15, 0.2) is 0 Å². The molecule has 2 saturated heterocycles. The van der Waals surface area contributed by atoms with Crippen molar-refractivity contribution in [1.29, 1.82) is 0 Å². The normalized spacial score (nSPS) is 28.2. The Bertz CT molecular complexity index is 544. The highest BCUT2D eigenvalue weighted by atomic mass is 15.3. The van der Waals surface area contributed by atoms with Crippen molar-refractivity contribution in [2.75, 3.05) is 53.4 Å². The molecule has 3 aliphatic rings. The standard InChI is InChI=1S/C22H35N3/c1-23-14-12-21(13-15-23)8-10-22(11-9-21,20-6-4-3-5-7-20)25-18-16-24(2)17-19-25/h3-7H,8-19H2,1-2H3. The van der Waals surface area contributed by atoms with Crippen LogP contribution in [0.3, 0.4) is 0 Å². The molecule has 3 heteroatoms. The number of hydrogen-bond acceptors (Lipinski definition) is 3. The van der Waals surface area contributed by atoms with Gasteiger partial charge in [-0.15, -0.1) is 0 Å². The lowest BCUT2D eigenvalue weighted by Crippen LogP contribution is -2.57. The first kappa shape index (κ1) is 17.5. The molecule has 2 aliphatic heterocycles. The molecule has 0 N–H and O–H groups in total. The molecule has 0 radical (unpaired) electrons. The smallest absolute Gasteiger partial charge is 0.0462 e. The van der Waals surface area contributed by atoms with Gasteiger partial charge in [-0.25, -0.2) is 0 Å². The first-order chi connectivity index (χ1) is 12.1. The fraction of sp³-hybridized carbons (Fsp3) is 0.727. The summed E-state index contributed by atoms with van der Waals surface area (Å²) in [6.07, 6.45) is 8.37. The third-order valence-corrected chi connectivity index (χ3v) is 7.61. The van der Waals surface area contributed by atoms with Crippen LogP contribution in [0, 0.1) is 5.41 Å². The van der Waals surface area contributed by atoms with E-state index in [1.54, 1.807) is 5.56 Å². The van der Waals surface area contributed by atoms with Crippen LogP contribution in [0.4, 0.5) is 0 Å². The van der Waals surface area contributed by atoms with Gasteiger partial charge in [0.2, 0.25) is 0 Å². The maximum absolute atomic E-state index is 2.84. The van der Waals surface area contributed by atoms with Crippen LogP contribution in [0.25, 0.3) is 0 Å². The summed E-state index contributed by atoms with van der Waals surface area (Å²) in [4.78, 5) is 7.84. The van der Waals surface area contributed by atoms with Crippen molar-refractivity contribution in [2.24, 2.45) is 5.41 Å². The van der Waals surface area contributed by atoms with E-state index >= 15 is 0 Å². The second-order valence-corrected chi connectivity index (χ2v) is 8.99. The predicted molar refractivity (Wildman–Crippen MR) is 105 cm³/mol. The molecule has 25 heavy (non-hydrogen) atoms. The minimum atomic E-state index is 0.289. The molecule has 1 aromatic rings. The van der Waals surface area contributed by atoms with Gasteiger partial charge in [-0.2, -0.15) is 0 Å². The average Bonchev–Trinajstić information content (AvgIpc) is 2.67. The lowest BCUT2D eigenvalue weighted by Gasteiger charge is -2.55. The number of rotatable bonds is 2. The van der Waals surface area contributed by atoms with E-state index in [4.69, 9.17) is 0 Å². The minimum absolute atomic E-state index is 0.289. The van der Waals surface area contributed by atoms with Crippen LogP contribution in [0.2, 0.25) is 0 Å². The van der Waals surface area contributed by atoms with Crippen molar-refractivity contribution in [2.45, 2.75) is 44.1 Å². The molecule has 1 aromatic carbocycles. The summed E-state index contributed by atoms with van der Waals surface area (Å²) in [6, 6.07) is 11.4. The molecule has 0 aromatic heterocycles. The van der Waals surface area contributed by atoms with Gasteiger partial charge in [-0.3, -0.25) is 4.90 Å². The minimum Gasteiger partial charge on any atom is -0.306 e. The van der Waals surface area contributed by atoms with E-state index in [0.717, 1.165) is 0 Å². The second kappa shape index (κ2) is 7.02. The largest absolute Gasteiger partial charge is 0.306 e. The van der Waals surface area contributed by atoms with Crippen LogP contribution in [-0.4, -0.2) is 68.1 Å². The lowest BCUT2D eigenvalue weighted by atomic mass is 9.61. The number of benzene rings is 1. The van der Waals surface area contributed by atoms with Crippen LogP contribution in [-0.2, 0) is 5.54 Å². The number of hydrogen-bond donors (Lipinski definition) is 0. The molecule has 0 bridgehead atoms. The molecule has 0 atom stereocenters. The van der Waals surface area contributed by atoms with Crippen LogP contribution in [0.15, 0.2) is 30.3 Å². The Balaban J connectivity index is 1.56. The Kier molecular flexibility index (Phi) is 4.91. The van der Waals surface area contributed by atoms with E-state index in [1.807, 2.05) is 0 Å². The SMILES string of the molecule is CN1CCN(C2(c3ccccc3)CCC3(CCN(C)CC3)CC2)CC1. The lowest BCUT2D eigenvalue weighted by molar-refractivity contribution is -0.0366. The first-order valence-electron chi connectivity index (χ1n) is 10.3. The van der Waals surface area contributed by atoms with Gasteiger partial charge in [0, 0.05) is 31.7 Å². The molecular weight excluding hydrogens is 306 g/mol. The zero-order chi connectivity index (χ0) is 17.3. The molecule has 2 heterocycles. The first-order valence-corrected chi connectivity index (χ1v) is 10.3. The topological polar surface area (TPSA) is 9.72 Å². The van der Waals surface area contributed by atoms with Crippen LogP contribution < -0.4 is 0 Å². The maximum atomic E-state index is 2.84. The van der Waals surface area contributed by atoms with Crippen molar-refractivity contribution in [3.63, 3.8) is 0 Å². The number of likely N-dealkylation sites (tertiary alicyclic amines) is 1. The molecule has 1 saturated carbocycles. The van der Waals surface area contributed by atoms with Crippen molar-refractivity contribution in [3.05, 3.63) is 35.9 Å². The van der Waals surface area contributed by atoms with Gasteiger partial charge in [-0.1, -0.05) is 30.3 Å². The monoisotopic (exact) mass is 341 g/mol. The van der Waals surface area contributed by atoms with Gasteiger partial charge in [0.1, 0.15) is 0 Å². The Morgan fingerprint density at radius 2 is 1.20 bits per heavy atom. The van der Waals surface area contributed by atoms with E-state index in [1.165, 1.54) is 77.8 Å². The molecule has 1 aliphatic carbocycles. The highest BCUT2D eigenvalue weighted by Crippen LogP contribution is 2.52. The molecular formula is C22H35N3. The predicted octanol–water partition coefficient (Wildman–Crippen LogP) is 3.42. The highest BCUT2D eigenvalue weighted by molar-refractivity contribution is 5.26. The van der Waals surface area contributed by atoms with Crippen molar-refractivity contribution < 1.29 is 0 Å². The van der Waals surface area contributed by atoms with Gasteiger partial charge in [0.05, 0.1) is 0 Å². The third-order valence-electron chi connectivity index (χ3n) is 7.61. The number of likely N-dealkylation sites (N-methyl/N-ethyl adjacent to an activating group) is 1. The Labute approximate surface area is 154 Å². The summed E-state index contributed by atoms with van der Waals surface area (Å²) in [5.41, 5.74) is 2.50. The molecule has 138 valence electrons. The number of piperazine rings is 1. The van der Waals surface area contributed by atoms with E-state index in [9.17, 15) is 0 Å².